The number of hydrogen-bond donors (Lipinski definition) is 2. The van der Waals surface area contributed by atoms with E-state index in [9.17, 15) is 9.59 Å². The first-order chi connectivity index (χ1) is 13.7. The van der Waals surface area contributed by atoms with E-state index in [1.54, 1.807) is 24.3 Å². The summed E-state index contributed by atoms with van der Waals surface area (Å²) in [6.07, 6.45) is 0.306. The van der Waals surface area contributed by atoms with Crippen molar-refractivity contribution in [2.24, 2.45) is 0 Å². The number of anilines is 2. The Morgan fingerprint density at radius 2 is 1.54 bits per heavy atom. The molecule has 2 amide bonds. The molecule has 5 nitrogen and oxygen atoms in total. The van der Waals surface area contributed by atoms with Gasteiger partial charge in [-0.2, -0.15) is 0 Å². The van der Waals surface area contributed by atoms with Crippen LogP contribution in [0.1, 0.15) is 15.9 Å². The Morgan fingerprint density at radius 1 is 0.821 bits per heavy atom. The van der Waals surface area contributed by atoms with Crippen molar-refractivity contribution in [2.75, 3.05) is 10.6 Å². The number of carbonyl (C=O) groups excluding carboxylic acids is 2. The van der Waals surface area contributed by atoms with Gasteiger partial charge in [-0.05, 0) is 42.0 Å². The minimum atomic E-state index is -0.235. The van der Waals surface area contributed by atoms with E-state index in [4.69, 9.17) is 0 Å². The fourth-order valence-corrected chi connectivity index (χ4v) is 3.65. The standard InChI is InChI=1S/C22H17N3O2S/c26-20(14-15-6-2-1-3-7-15)23-17-12-10-16(11-13-17)21(27)25-22-24-18-8-4-5-9-19(18)28-22/h1-13H,14H2,(H,23,26)(H,24,25,27). The molecule has 0 bridgehead atoms. The fourth-order valence-electron chi connectivity index (χ4n) is 2.79. The first-order valence-electron chi connectivity index (χ1n) is 8.78. The summed E-state index contributed by atoms with van der Waals surface area (Å²) >= 11 is 1.43. The number of nitrogens with zero attached hydrogens (tertiary/aromatic N) is 1. The molecule has 4 rings (SSSR count). The molecule has 0 aliphatic heterocycles. The van der Waals surface area contributed by atoms with Crippen molar-refractivity contribution in [3.8, 4) is 0 Å². The molecule has 0 aliphatic carbocycles. The van der Waals surface area contributed by atoms with Crippen molar-refractivity contribution in [1.29, 1.82) is 0 Å². The molecule has 6 heteroatoms. The number of nitrogens with one attached hydrogen (secondary N) is 2. The lowest BCUT2D eigenvalue weighted by molar-refractivity contribution is -0.115. The third-order valence-electron chi connectivity index (χ3n) is 4.15. The lowest BCUT2D eigenvalue weighted by Crippen LogP contribution is -2.15. The number of amides is 2. The Hall–Kier alpha value is -3.51. The SMILES string of the molecule is O=C(Cc1ccccc1)Nc1ccc(C(=O)Nc2nc3ccccc3s2)cc1. The first kappa shape index (κ1) is 17.9. The quantitative estimate of drug-likeness (QED) is 0.520. The summed E-state index contributed by atoms with van der Waals surface area (Å²) in [4.78, 5) is 29.0. The van der Waals surface area contributed by atoms with Gasteiger partial charge in [0.05, 0.1) is 16.6 Å². The first-order valence-corrected chi connectivity index (χ1v) is 9.60. The van der Waals surface area contributed by atoms with E-state index in [0.29, 0.717) is 22.8 Å². The second-order valence-electron chi connectivity index (χ2n) is 6.23. The Labute approximate surface area is 166 Å². The van der Waals surface area contributed by atoms with Crippen LogP contribution in [-0.4, -0.2) is 16.8 Å². The summed E-state index contributed by atoms with van der Waals surface area (Å²) in [5, 5.41) is 6.23. The molecule has 138 valence electrons. The van der Waals surface area contributed by atoms with E-state index in [2.05, 4.69) is 15.6 Å². The van der Waals surface area contributed by atoms with Gasteiger partial charge >= 0.3 is 0 Å². The van der Waals surface area contributed by atoms with E-state index in [-0.39, 0.29) is 11.8 Å². The van der Waals surface area contributed by atoms with Crippen LogP contribution in [-0.2, 0) is 11.2 Å². The Bertz CT molecular complexity index is 1090. The van der Waals surface area contributed by atoms with Crippen molar-refractivity contribution >= 4 is 44.2 Å². The van der Waals surface area contributed by atoms with Crippen molar-refractivity contribution in [3.05, 3.63) is 90.0 Å². The number of benzene rings is 3. The summed E-state index contributed by atoms with van der Waals surface area (Å²) in [6.45, 7) is 0. The molecule has 0 fully saturated rings. The number of rotatable bonds is 5. The van der Waals surface area contributed by atoms with Gasteiger partial charge in [0.15, 0.2) is 5.13 Å². The van der Waals surface area contributed by atoms with Gasteiger partial charge in [-0.1, -0.05) is 53.8 Å². The van der Waals surface area contributed by atoms with Crippen LogP contribution < -0.4 is 10.6 Å². The zero-order valence-corrected chi connectivity index (χ0v) is 15.7. The van der Waals surface area contributed by atoms with Crippen molar-refractivity contribution in [3.63, 3.8) is 0 Å². The summed E-state index contributed by atoms with van der Waals surface area (Å²) < 4.78 is 1.02. The average Bonchev–Trinajstić information content (AvgIpc) is 3.11. The third-order valence-corrected chi connectivity index (χ3v) is 5.10. The number of para-hydroxylation sites is 1. The van der Waals surface area contributed by atoms with E-state index in [1.807, 2.05) is 54.6 Å². The van der Waals surface area contributed by atoms with Gasteiger partial charge in [-0.3, -0.25) is 14.9 Å². The van der Waals surface area contributed by atoms with Gasteiger partial charge in [0.25, 0.3) is 5.91 Å². The zero-order chi connectivity index (χ0) is 19.3. The number of thiazole rings is 1. The monoisotopic (exact) mass is 387 g/mol. The molecule has 3 aromatic carbocycles. The van der Waals surface area contributed by atoms with Crippen LogP contribution in [0.3, 0.4) is 0 Å². The lowest BCUT2D eigenvalue weighted by atomic mass is 10.1. The van der Waals surface area contributed by atoms with E-state index in [1.165, 1.54) is 11.3 Å². The molecule has 1 heterocycles. The second-order valence-corrected chi connectivity index (χ2v) is 7.26. The van der Waals surface area contributed by atoms with E-state index in [0.717, 1.165) is 15.8 Å². The Kier molecular flexibility index (Phi) is 5.12. The van der Waals surface area contributed by atoms with Gasteiger partial charge in [0.1, 0.15) is 0 Å². The second kappa shape index (κ2) is 8.02. The molecule has 0 spiro atoms. The maximum atomic E-state index is 12.4. The number of carbonyl (C=O) groups is 2. The van der Waals surface area contributed by atoms with Gasteiger partial charge in [0, 0.05) is 11.3 Å². The predicted octanol–water partition coefficient (Wildman–Crippen LogP) is 4.73. The molecule has 0 saturated heterocycles. The largest absolute Gasteiger partial charge is 0.326 e. The predicted molar refractivity (Wildman–Crippen MR) is 113 cm³/mol. The molecular formula is C22H17N3O2S. The van der Waals surface area contributed by atoms with Crippen LogP contribution in [0.5, 0.6) is 0 Å². The molecule has 0 atom stereocenters. The molecule has 0 aliphatic rings. The topological polar surface area (TPSA) is 71.1 Å². The lowest BCUT2D eigenvalue weighted by Gasteiger charge is -2.07. The Balaban J connectivity index is 1.38. The molecule has 1 aromatic heterocycles. The van der Waals surface area contributed by atoms with Gasteiger partial charge in [0.2, 0.25) is 5.91 Å². The van der Waals surface area contributed by atoms with Crippen molar-refractivity contribution in [2.45, 2.75) is 6.42 Å². The maximum Gasteiger partial charge on any atom is 0.257 e. The molecular weight excluding hydrogens is 370 g/mol. The third kappa shape index (κ3) is 4.24. The minimum absolute atomic E-state index is 0.0992. The summed E-state index contributed by atoms with van der Waals surface area (Å²) in [7, 11) is 0. The highest BCUT2D eigenvalue weighted by molar-refractivity contribution is 7.22. The van der Waals surface area contributed by atoms with Crippen LogP contribution in [0.15, 0.2) is 78.9 Å². The van der Waals surface area contributed by atoms with E-state index < -0.39 is 0 Å². The smallest absolute Gasteiger partial charge is 0.257 e. The zero-order valence-electron chi connectivity index (χ0n) is 14.9. The molecule has 2 N–H and O–H groups in total. The van der Waals surface area contributed by atoms with Crippen LogP contribution in [0.4, 0.5) is 10.8 Å². The Morgan fingerprint density at radius 3 is 2.29 bits per heavy atom. The van der Waals surface area contributed by atoms with Crippen molar-refractivity contribution < 1.29 is 9.59 Å². The van der Waals surface area contributed by atoms with Gasteiger partial charge < -0.3 is 5.32 Å². The van der Waals surface area contributed by atoms with Gasteiger partial charge in [-0.25, -0.2) is 4.98 Å². The number of hydrogen-bond acceptors (Lipinski definition) is 4. The number of fused-ring (bicyclic) bond motifs is 1. The number of aromatic nitrogens is 1. The minimum Gasteiger partial charge on any atom is -0.326 e. The van der Waals surface area contributed by atoms with Crippen LogP contribution in [0.2, 0.25) is 0 Å². The maximum absolute atomic E-state index is 12.4. The van der Waals surface area contributed by atoms with Crippen LogP contribution in [0, 0.1) is 0 Å². The van der Waals surface area contributed by atoms with E-state index >= 15 is 0 Å². The summed E-state index contributed by atoms with van der Waals surface area (Å²) in [5.74, 6) is -0.334. The average molecular weight is 387 g/mol. The summed E-state index contributed by atoms with van der Waals surface area (Å²) in [6, 6.07) is 24.1. The fraction of sp³-hybridized carbons (Fsp3) is 0.0455. The molecule has 28 heavy (non-hydrogen) atoms. The molecule has 4 aromatic rings. The highest BCUT2D eigenvalue weighted by Crippen LogP contribution is 2.25. The van der Waals surface area contributed by atoms with Crippen LogP contribution >= 0.6 is 11.3 Å². The van der Waals surface area contributed by atoms with Crippen molar-refractivity contribution in [1.82, 2.24) is 4.98 Å². The molecule has 0 radical (unpaired) electrons. The summed E-state index contributed by atoms with van der Waals surface area (Å²) in [5.41, 5.74) is 2.96. The highest BCUT2D eigenvalue weighted by Gasteiger charge is 2.10. The highest BCUT2D eigenvalue weighted by atomic mass is 32.1. The van der Waals surface area contributed by atoms with Gasteiger partial charge in [-0.15, -0.1) is 0 Å². The molecule has 0 unspecified atom stereocenters. The normalized spacial score (nSPS) is 10.6. The van der Waals surface area contributed by atoms with Crippen LogP contribution in [0.25, 0.3) is 10.2 Å². The molecule has 0 saturated carbocycles.